The Labute approximate surface area is 104 Å². The highest BCUT2D eigenvalue weighted by Crippen LogP contribution is 2.27. The molecule has 3 aromatic rings. The fourth-order valence-electron chi connectivity index (χ4n) is 2.14. The molecule has 0 aliphatic carbocycles. The third-order valence-corrected chi connectivity index (χ3v) is 3.40. The van der Waals surface area contributed by atoms with Crippen LogP contribution in [-0.2, 0) is 0 Å². The van der Waals surface area contributed by atoms with Crippen LogP contribution in [0.15, 0.2) is 66.7 Å². The molecular weight excluding hydrogens is 223 g/mol. The van der Waals surface area contributed by atoms with E-state index >= 15 is 0 Å². The van der Waals surface area contributed by atoms with Crippen molar-refractivity contribution < 1.29 is 0 Å². The van der Waals surface area contributed by atoms with E-state index in [0.29, 0.717) is 0 Å². The second kappa shape index (κ2) is 4.31. The summed E-state index contributed by atoms with van der Waals surface area (Å²) >= 11 is 0. The molecule has 0 aliphatic heterocycles. The Morgan fingerprint density at radius 3 is 2.18 bits per heavy atom. The minimum atomic E-state index is 1.22. The van der Waals surface area contributed by atoms with Crippen LogP contribution in [0.1, 0.15) is 0 Å². The van der Waals surface area contributed by atoms with Crippen molar-refractivity contribution in [1.29, 1.82) is 0 Å². The van der Waals surface area contributed by atoms with Crippen LogP contribution >= 0.6 is 9.24 Å². The van der Waals surface area contributed by atoms with Gasteiger partial charge in [-0.3, -0.25) is 0 Å². The Hall–Kier alpha value is -1.65. The monoisotopic (exact) mass is 236 g/mol. The zero-order chi connectivity index (χ0) is 11.7. The summed E-state index contributed by atoms with van der Waals surface area (Å²) in [6.07, 6.45) is 0. The maximum absolute atomic E-state index is 2.72. The van der Waals surface area contributed by atoms with Gasteiger partial charge in [-0.25, -0.2) is 0 Å². The molecule has 3 rings (SSSR count). The van der Waals surface area contributed by atoms with Gasteiger partial charge in [-0.15, -0.1) is 9.24 Å². The van der Waals surface area contributed by atoms with Crippen molar-refractivity contribution in [2.75, 3.05) is 0 Å². The summed E-state index contributed by atoms with van der Waals surface area (Å²) in [7, 11) is 2.72. The molecule has 82 valence electrons. The van der Waals surface area contributed by atoms with Crippen LogP contribution in [-0.4, -0.2) is 0 Å². The van der Waals surface area contributed by atoms with E-state index in [9.17, 15) is 0 Å². The van der Waals surface area contributed by atoms with Crippen molar-refractivity contribution in [3.05, 3.63) is 66.7 Å². The molecule has 17 heavy (non-hydrogen) atoms. The molecule has 1 atom stereocenters. The lowest BCUT2D eigenvalue weighted by Crippen LogP contribution is -1.88. The van der Waals surface area contributed by atoms with Crippen LogP contribution in [0.5, 0.6) is 0 Å². The van der Waals surface area contributed by atoms with Gasteiger partial charge in [0, 0.05) is 0 Å². The first kappa shape index (κ1) is 10.5. The minimum absolute atomic E-state index is 1.22. The summed E-state index contributed by atoms with van der Waals surface area (Å²) in [5.74, 6) is 0. The van der Waals surface area contributed by atoms with Gasteiger partial charge >= 0.3 is 0 Å². The SMILES string of the molecule is Pc1ccc(-c2cccc3ccccc23)cc1. The molecule has 0 heterocycles. The quantitative estimate of drug-likeness (QED) is 0.560. The zero-order valence-corrected chi connectivity index (χ0v) is 10.6. The molecule has 0 bridgehead atoms. The van der Waals surface area contributed by atoms with Gasteiger partial charge in [0.15, 0.2) is 0 Å². The topological polar surface area (TPSA) is 0 Å². The standard InChI is InChI=1S/C16H13P/c17-14-10-8-13(9-11-14)16-7-3-5-12-4-1-2-6-15(12)16/h1-11H,17H2. The second-order valence-corrected chi connectivity index (χ2v) is 4.82. The Balaban J connectivity index is 2.27. The molecule has 0 radical (unpaired) electrons. The Morgan fingerprint density at radius 2 is 1.35 bits per heavy atom. The third-order valence-electron chi connectivity index (χ3n) is 3.01. The molecule has 1 heteroatoms. The van der Waals surface area contributed by atoms with E-state index in [4.69, 9.17) is 0 Å². The number of hydrogen-bond acceptors (Lipinski definition) is 0. The van der Waals surface area contributed by atoms with Crippen molar-refractivity contribution in [2.24, 2.45) is 0 Å². The molecule has 1 unspecified atom stereocenters. The number of hydrogen-bond donors (Lipinski definition) is 0. The fourth-order valence-corrected chi connectivity index (χ4v) is 2.33. The van der Waals surface area contributed by atoms with Gasteiger partial charge in [0.25, 0.3) is 0 Å². The molecule has 3 aromatic carbocycles. The van der Waals surface area contributed by atoms with Gasteiger partial charge in [0.1, 0.15) is 0 Å². The minimum Gasteiger partial charge on any atom is -0.106 e. The Bertz CT molecular complexity index is 648. The summed E-state index contributed by atoms with van der Waals surface area (Å²) in [5, 5.41) is 3.82. The summed E-state index contributed by atoms with van der Waals surface area (Å²) < 4.78 is 0. The van der Waals surface area contributed by atoms with Gasteiger partial charge in [0.2, 0.25) is 0 Å². The second-order valence-electron chi connectivity index (χ2n) is 4.15. The molecule has 0 spiro atoms. The lowest BCUT2D eigenvalue weighted by atomic mass is 9.98. The number of fused-ring (bicyclic) bond motifs is 1. The van der Waals surface area contributed by atoms with Crippen molar-refractivity contribution in [3.63, 3.8) is 0 Å². The zero-order valence-electron chi connectivity index (χ0n) is 9.43. The number of rotatable bonds is 1. The van der Waals surface area contributed by atoms with Gasteiger partial charge in [-0.05, 0) is 27.2 Å². The summed E-state index contributed by atoms with van der Waals surface area (Å²) in [6.45, 7) is 0. The molecule has 0 aliphatic rings. The van der Waals surface area contributed by atoms with Crippen LogP contribution in [0.25, 0.3) is 21.9 Å². The highest BCUT2D eigenvalue weighted by atomic mass is 31.0. The summed E-state index contributed by atoms with van der Waals surface area (Å²) in [5.41, 5.74) is 2.57. The first-order valence-electron chi connectivity index (χ1n) is 5.68. The fraction of sp³-hybridized carbons (Fsp3) is 0. The molecular formula is C16H13P. The Kier molecular flexibility index (Phi) is 2.66. The third kappa shape index (κ3) is 1.97. The van der Waals surface area contributed by atoms with Gasteiger partial charge in [0.05, 0.1) is 0 Å². The normalized spacial score (nSPS) is 10.6. The van der Waals surface area contributed by atoms with Gasteiger partial charge in [-0.2, -0.15) is 0 Å². The molecule has 0 N–H and O–H groups in total. The molecule has 0 aromatic heterocycles. The molecule has 0 nitrogen and oxygen atoms in total. The largest absolute Gasteiger partial charge is 0.106 e. The lowest BCUT2D eigenvalue weighted by molar-refractivity contribution is 1.67. The maximum atomic E-state index is 2.72. The first-order chi connectivity index (χ1) is 8.34. The van der Waals surface area contributed by atoms with E-state index in [1.54, 1.807) is 0 Å². The van der Waals surface area contributed by atoms with Crippen LogP contribution in [0.4, 0.5) is 0 Å². The van der Waals surface area contributed by atoms with Gasteiger partial charge in [-0.1, -0.05) is 66.7 Å². The van der Waals surface area contributed by atoms with E-state index in [2.05, 4.69) is 76.0 Å². The summed E-state index contributed by atoms with van der Waals surface area (Å²) in [4.78, 5) is 0. The van der Waals surface area contributed by atoms with Crippen molar-refractivity contribution >= 4 is 25.3 Å². The van der Waals surface area contributed by atoms with E-state index in [1.807, 2.05) is 0 Å². The average Bonchev–Trinajstić information content (AvgIpc) is 2.39. The number of benzene rings is 3. The molecule has 0 saturated heterocycles. The summed E-state index contributed by atoms with van der Waals surface area (Å²) in [6, 6.07) is 23.6. The highest BCUT2D eigenvalue weighted by molar-refractivity contribution is 7.27. The molecule has 0 saturated carbocycles. The van der Waals surface area contributed by atoms with Crippen LogP contribution in [0.3, 0.4) is 0 Å². The van der Waals surface area contributed by atoms with E-state index in [1.165, 1.54) is 27.2 Å². The van der Waals surface area contributed by atoms with Crippen LogP contribution in [0, 0.1) is 0 Å². The predicted octanol–water partition coefficient (Wildman–Crippen LogP) is 4.01. The average molecular weight is 236 g/mol. The molecule has 0 amide bonds. The maximum Gasteiger partial charge on any atom is -0.0105 e. The van der Waals surface area contributed by atoms with E-state index in [0.717, 1.165) is 0 Å². The van der Waals surface area contributed by atoms with Crippen LogP contribution in [0.2, 0.25) is 0 Å². The first-order valence-corrected chi connectivity index (χ1v) is 6.26. The van der Waals surface area contributed by atoms with Gasteiger partial charge < -0.3 is 0 Å². The highest BCUT2D eigenvalue weighted by Gasteiger charge is 2.02. The predicted molar refractivity (Wildman–Crippen MR) is 78.7 cm³/mol. The smallest absolute Gasteiger partial charge is 0.0105 e. The lowest BCUT2D eigenvalue weighted by Gasteiger charge is -2.06. The Morgan fingerprint density at radius 1 is 0.647 bits per heavy atom. The molecule has 0 fully saturated rings. The van der Waals surface area contributed by atoms with Crippen molar-refractivity contribution in [1.82, 2.24) is 0 Å². The van der Waals surface area contributed by atoms with Crippen LogP contribution < -0.4 is 5.30 Å². The van der Waals surface area contributed by atoms with E-state index < -0.39 is 0 Å². The van der Waals surface area contributed by atoms with E-state index in [-0.39, 0.29) is 0 Å². The van der Waals surface area contributed by atoms with Crippen molar-refractivity contribution in [3.8, 4) is 11.1 Å². The van der Waals surface area contributed by atoms with Crippen molar-refractivity contribution in [2.45, 2.75) is 0 Å².